The van der Waals surface area contributed by atoms with E-state index in [1.807, 2.05) is 0 Å². The Kier molecular flexibility index (Phi) is 20.4. The van der Waals surface area contributed by atoms with E-state index in [4.69, 9.17) is 90.0 Å². The highest BCUT2D eigenvalue weighted by atomic mass is 16.8. The van der Waals surface area contributed by atoms with Gasteiger partial charge in [-0.25, -0.2) is 0 Å². The molecule has 5 aliphatic heterocycles. The molecule has 0 saturated carbocycles. The van der Waals surface area contributed by atoms with Crippen LogP contribution in [-0.2, 0) is 124 Å². The van der Waals surface area contributed by atoms with E-state index < -0.39 is 184 Å². The fraction of sp³-hybridized carbons (Fsp3) is 0.833. The standard InChI is InChI=1S/C42H62O27/c1-16(43)55-12-23-27(50)31(51-8)35(59-19(4)46)40(63-23)67-28-24(13-56-17(2)44)65-41(37(33(28)53-10)61-21(6)48)68-29-25(14-57-18(3)45)66-42(38(34(29)54-11)62-22(7)49)69-30-26-15-58-39(64-26)36(32(30)52-9)60-20(5)47/h23-42,50H,12-15H2,1-11H3/t23-,24-,25-,26-,27-,28-,29-,30-,31+,32+,33+,34+,35-,36-,37-,38-,39-,40-,41+,42-/m1/s1. The van der Waals surface area contributed by atoms with Crippen LogP contribution in [0.4, 0.5) is 0 Å². The molecule has 20 atom stereocenters. The molecule has 0 aromatic rings. The first-order valence-electron chi connectivity index (χ1n) is 21.8. The van der Waals surface area contributed by atoms with Gasteiger partial charge in [-0.1, -0.05) is 0 Å². The van der Waals surface area contributed by atoms with Crippen molar-refractivity contribution in [2.24, 2.45) is 0 Å². The minimum absolute atomic E-state index is 0.0221. The zero-order chi connectivity index (χ0) is 50.9. The van der Waals surface area contributed by atoms with Crippen LogP contribution in [0.25, 0.3) is 0 Å². The Balaban J connectivity index is 1.53. The van der Waals surface area contributed by atoms with Gasteiger partial charge in [-0.15, -0.1) is 0 Å². The van der Waals surface area contributed by atoms with Crippen LogP contribution in [0.2, 0.25) is 0 Å². The highest BCUT2D eigenvalue weighted by Gasteiger charge is 2.60. The van der Waals surface area contributed by atoms with Gasteiger partial charge >= 0.3 is 41.8 Å². The van der Waals surface area contributed by atoms with Crippen LogP contribution in [0.1, 0.15) is 48.5 Å². The zero-order valence-corrected chi connectivity index (χ0v) is 39.9. The van der Waals surface area contributed by atoms with Crippen molar-refractivity contribution in [3.05, 3.63) is 0 Å². The lowest BCUT2D eigenvalue weighted by atomic mass is 9.95. The summed E-state index contributed by atoms with van der Waals surface area (Å²) in [5.41, 5.74) is 0. The van der Waals surface area contributed by atoms with E-state index in [1.54, 1.807) is 0 Å². The van der Waals surface area contributed by atoms with Gasteiger partial charge in [-0.3, -0.25) is 33.6 Å². The molecule has 1 N–H and O–H groups in total. The molecule has 5 rings (SSSR count). The molecule has 392 valence electrons. The maximum absolute atomic E-state index is 12.9. The molecule has 0 aromatic carbocycles. The molecule has 0 amide bonds. The minimum Gasteiger partial charge on any atom is -0.463 e. The Bertz CT molecular complexity index is 1780. The third-order valence-electron chi connectivity index (χ3n) is 11.3. The molecule has 0 unspecified atom stereocenters. The minimum atomic E-state index is -1.75. The number of rotatable bonds is 20. The van der Waals surface area contributed by atoms with Crippen molar-refractivity contribution in [1.29, 1.82) is 0 Å². The molecule has 5 saturated heterocycles. The second-order valence-electron chi connectivity index (χ2n) is 16.3. The maximum Gasteiger partial charge on any atom is 0.303 e. The van der Waals surface area contributed by atoms with E-state index >= 15 is 0 Å². The molecule has 5 fully saturated rings. The number of esters is 7. The summed E-state index contributed by atoms with van der Waals surface area (Å²) in [4.78, 5) is 86.6. The monoisotopic (exact) mass is 998 g/mol. The Morgan fingerprint density at radius 1 is 0.406 bits per heavy atom. The first-order valence-corrected chi connectivity index (χ1v) is 21.8. The van der Waals surface area contributed by atoms with Gasteiger partial charge in [0.25, 0.3) is 0 Å². The Hall–Kier alpha value is -4.23. The van der Waals surface area contributed by atoms with E-state index in [0.29, 0.717) is 0 Å². The lowest BCUT2D eigenvalue weighted by molar-refractivity contribution is -0.387. The molecule has 5 heterocycles. The fourth-order valence-corrected chi connectivity index (χ4v) is 8.62. The molecule has 0 spiro atoms. The van der Waals surface area contributed by atoms with Crippen molar-refractivity contribution in [3.63, 3.8) is 0 Å². The average Bonchev–Trinajstić information content (AvgIpc) is 3.71. The number of fused-ring (bicyclic) bond motifs is 2. The molecule has 2 bridgehead atoms. The van der Waals surface area contributed by atoms with Crippen molar-refractivity contribution in [2.75, 3.05) is 54.9 Å². The van der Waals surface area contributed by atoms with Crippen LogP contribution in [-0.4, -0.2) is 225 Å². The van der Waals surface area contributed by atoms with Gasteiger partial charge in [0.2, 0.25) is 0 Å². The first-order chi connectivity index (χ1) is 32.7. The summed E-state index contributed by atoms with van der Waals surface area (Å²) in [6, 6.07) is 0. The summed E-state index contributed by atoms with van der Waals surface area (Å²) >= 11 is 0. The van der Waals surface area contributed by atoms with Crippen molar-refractivity contribution in [1.82, 2.24) is 0 Å². The lowest BCUT2D eigenvalue weighted by Gasteiger charge is -2.51. The van der Waals surface area contributed by atoms with Gasteiger partial charge in [0.15, 0.2) is 49.6 Å². The van der Waals surface area contributed by atoms with E-state index in [-0.39, 0.29) is 6.61 Å². The largest absolute Gasteiger partial charge is 0.463 e. The number of ether oxygens (including phenoxy) is 19. The topological polar surface area (TPSA) is 315 Å². The average molecular weight is 999 g/mol. The predicted molar refractivity (Wildman–Crippen MR) is 217 cm³/mol. The molecule has 0 aliphatic carbocycles. The number of carbonyl (C=O) groups is 7. The van der Waals surface area contributed by atoms with E-state index in [2.05, 4.69) is 0 Å². The van der Waals surface area contributed by atoms with Crippen LogP contribution < -0.4 is 0 Å². The van der Waals surface area contributed by atoms with E-state index in [9.17, 15) is 38.7 Å². The highest BCUT2D eigenvalue weighted by molar-refractivity contribution is 5.68. The Labute approximate surface area is 396 Å². The van der Waals surface area contributed by atoms with Gasteiger partial charge in [-0.2, -0.15) is 0 Å². The summed E-state index contributed by atoms with van der Waals surface area (Å²) in [7, 11) is 5.03. The lowest BCUT2D eigenvalue weighted by Crippen LogP contribution is -2.68. The van der Waals surface area contributed by atoms with Gasteiger partial charge in [0, 0.05) is 76.9 Å². The van der Waals surface area contributed by atoms with Crippen LogP contribution >= 0.6 is 0 Å². The van der Waals surface area contributed by atoms with Crippen molar-refractivity contribution in [3.8, 4) is 0 Å². The SMILES string of the molecule is CO[C@@H]1[C@@H](OC(C)=O)[C@@H]2OC[C@@H](O2)[C@H]1O[C@H]1O[C@H](COC(C)=O)[C@@H](O[C@@H]2O[C@H](COC(C)=O)[C@@H](O[C@H]3O[C@H](COC(C)=O)[C@@H](O)[C@H](OC)[C@H]3OC(C)=O)[C@H](OC)[C@H]2OC(C)=O)[C@H](OC)[C@H]1OC(C)=O. The van der Waals surface area contributed by atoms with E-state index in [0.717, 1.165) is 41.5 Å². The molecular formula is C42H62O27. The van der Waals surface area contributed by atoms with Gasteiger partial charge in [0.05, 0.1) is 6.61 Å². The van der Waals surface area contributed by atoms with Crippen molar-refractivity contribution in [2.45, 2.75) is 171 Å². The number of hydrogen-bond donors (Lipinski definition) is 1. The Morgan fingerprint density at radius 2 is 0.739 bits per heavy atom. The maximum atomic E-state index is 12.9. The summed E-state index contributed by atoms with van der Waals surface area (Å²) in [5, 5.41) is 11.2. The molecule has 0 radical (unpaired) electrons. The number of methoxy groups -OCH3 is 4. The second kappa shape index (κ2) is 25.2. The van der Waals surface area contributed by atoms with Crippen LogP contribution in [0.15, 0.2) is 0 Å². The third-order valence-corrected chi connectivity index (χ3v) is 11.3. The second-order valence-corrected chi connectivity index (χ2v) is 16.3. The first kappa shape index (κ1) is 55.7. The normalized spacial score (nSPS) is 38.5. The quantitative estimate of drug-likeness (QED) is 0.101. The number of carbonyl (C=O) groups excluding carboxylic acids is 7. The zero-order valence-electron chi connectivity index (χ0n) is 39.9. The van der Waals surface area contributed by atoms with Crippen molar-refractivity contribution >= 4 is 41.8 Å². The van der Waals surface area contributed by atoms with Gasteiger partial charge in [-0.05, 0) is 0 Å². The van der Waals surface area contributed by atoms with Gasteiger partial charge in [0.1, 0.15) is 93.1 Å². The molecule has 5 aliphatic rings. The third kappa shape index (κ3) is 14.0. The van der Waals surface area contributed by atoms with Crippen LogP contribution in [0.3, 0.4) is 0 Å². The predicted octanol–water partition coefficient (Wildman–Crippen LogP) is -2.09. The Morgan fingerprint density at radius 3 is 1.12 bits per heavy atom. The number of aliphatic hydroxyl groups is 1. The molecule has 69 heavy (non-hydrogen) atoms. The van der Waals surface area contributed by atoms with Gasteiger partial charge < -0.3 is 95.1 Å². The van der Waals surface area contributed by atoms with E-state index in [1.165, 1.54) is 35.4 Å². The summed E-state index contributed by atoms with van der Waals surface area (Å²) < 4.78 is 112. The molecule has 0 aromatic heterocycles. The van der Waals surface area contributed by atoms with Crippen molar-refractivity contribution < 1.29 is 129 Å². The number of aliphatic hydroxyl groups excluding tert-OH is 1. The summed E-state index contributed by atoms with van der Waals surface area (Å²) in [5.74, 6) is -5.43. The smallest absolute Gasteiger partial charge is 0.303 e. The molecular weight excluding hydrogens is 936 g/mol. The summed E-state index contributed by atoms with van der Waals surface area (Å²) in [6.07, 6.45) is -27.4. The number of hydrogen-bond acceptors (Lipinski definition) is 27. The molecule has 27 heteroatoms. The highest BCUT2D eigenvalue weighted by Crippen LogP contribution is 2.40. The van der Waals surface area contributed by atoms with Crippen LogP contribution in [0, 0.1) is 0 Å². The fourth-order valence-electron chi connectivity index (χ4n) is 8.62. The summed E-state index contributed by atoms with van der Waals surface area (Å²) in [6.45, 7) is 6.19. The molecule has 27 nitrogen and oxygen atoms in total. The van der Waals surface area contributed by atoms with Crippen LogP contribution in [0.5, 0.6) is 0 Å².